The number of carbonyl (C=O) groups is 3. The molecule has 0 aliphatic heterocycles. The monoisotopic (exact) mass is 590 g/mol. The largest absolute Gasteiger partial charge is 0.494 e. The molecule has 2 aromatic carbocycles. The van der Waals surface area contributed by atoms with Crippen LogP contribution >= 0.6 is 0 Å². The predicted octanol–water partition coefficient (Wildman–Crippen LogP) is 6.88. The van der Waals surface area contributed by atoms with E-state index < -0.39 is 17.9 Å². The van der Waals surface area contributed by atoms with Crippen molar-refractivity contribution < 1.29 is 38.1 Å². The van der Waals surface area contributed by atoms with E-state index in [1.54, 1.807) is 6.92 Å². The lowest BCUT2D eigenvalue weighted by Crippen LogP contribution is -2.22. The Hall–Kier alpha value is -4.33. The Morgan fingerprint density at radius 1 is 0.721 bits per heavy atom. The summed E-state index contributed by atoms with van der Waals surface area (Å²) in [7, 11) is 0. The van der Waals surface area contributed by atoms with Gasteiger partial charge in [-0.25, -0.2) is 9.59 Å². The molecule has 0 heterocycles. The Morgan fingerprint density at radius 3 is 1.84 bits per heavy atom. The highest BCUT2D eigenvalue weighted by Gasteiger charge is 2.20. The van der Waals surface area contributed by atoms with E-state index in [-0.39, 0.29) is 37.9 Å². The first-order chi connectivity index (χ1) is 20.8. The van der Waals surface area contributed by atoms with Crippen LogP contribution in [0.3, 0.4) is 0 Å². The van der Waals surface area contributed by atoms with Crippen LogP contribution in [0.1, 0.15) is 69.4 Å². The van der Waals surface area contributed by atoms with E-state index in [2.05, 4.69) is 13.2 Å². The number of ether oxygens (including phenoxy) is 5. The predicted molar refractivity (Wildman–Crippen MR) is 165 cm³/mol. The second kappa shape index (κ2) is 18.3. The van der Waals surface area contributed by atoms with Crippen molar-refractivity contribution in [3.8, 4) is 11.5 Å². The van der Waals surface area contributed by atoms with Gasteiger partial charge < -0.3 is 23.7 Å². The molecule has 2 aromatic rings. The normalized spacial score (nSPS) is 13.2. The van der Waals surface area contributed by atoms with Crippen molar-refractivity contribution in [3.63, 3.8) is 0 Å². The Kier molecular flexibility index (Phi) is 14.1. The van der Waals surface area contributed by atoms with Crippen molar-refractivity contribution in [2.75, 3.05) is 26.4 Å². The topological polar surface area (TPSA) is 97.4 Å². The lowest BCUT2D eigenvalue weighted by molar-refractivity contribution is -0.151. The molecule has 1 aliphatic rings. The summed E-state index contributed by atoms with van der Waals surface area (Å²) in [6.07, 6.45) is 10.3. The number of rotatable bonds is 17. The number of unbranched alkanes of at least 4 members (excludes halogenated alkanes) is 1. The maximum atomic E-state index is 12.1. The summed E-state index contributed by atoms with van der Waals surface area (Å²) in [5.74, 6) is 0.0537. The first-order valence-electron chi connectivity index (χ1n) is 14.8. The SMILES string of the molecule is C=C(C)C(=O)OCCOc1ccc(/C=C/c2ccc(OCCCCOC(=O)C(=C)CC(=O)OC3CCCCC3)cc2)cc1. The van der Waals surface area contributed by atoms with Gasteiger partial charge in [0.2, 0.25) is 0 Å². The van der Waals surface area contributed by atoms with Crippen LogP contribution in [0.2, 0.25) is 0 Å². The Labute approximate surface area is 254 Å². The molecular formula is C35H42O8. The number of hydrogen-bond donors (Lipinski definition) is 0. The van der Waals surface area contributed by atoms with Crippen LogP contribution in [0, 0.1) is 0 Å². The molecule has 1 aliphatic carbocycles. The van der Waals surface area contributed by atoms with Crippen molar-refractivity contribution in [1.29, 1.82) is 0 Å². The molecule has 0 N–H and O–H groups in total. The van der Waals surface area contributed by atoms with Crippen molar-refractivity contribution in [1.82, 2.24) is 0 Å². The van der Waals surface area contributed by atoms with Crippen molar-refractivity contribution in [3.05, 3.63) is 84.0 Å². The molecule has 43 heavy (non-hydrogen) atoms. The van der Waals surface area contributed by atoms with Crippen LogP contribution in [-0.4, -0.2) is 50.4 Å². The molecule has 0 atom stereocenters. The summed E-state index contributed by atoms with van der Waals surface area (Å²) in [6, 6.07) is 15.4. The van der Waals surface area contributed by atoms with Gasteiger partial charge in [-0.3, -0.25) is 4.79 Å². The highest BCUT2D eigenvalue weighted by Crippen LogP contribution is 2.21. The van der Waals surface area contributed by atoms with Crippen LogP contribution in [0.5, 0.6) is 11.5 Å². The Bertz CT molecular complexity index is 1240. The smallest absolute Gasteiger partial charge is 0.333 e. The maximum Gasteiger partial charge on any atom is 0.333 e. The van der Waals surface area contributed by atoms with Gasteiger partial charge in [0.25, 0.3) is 0 Å². The van der Waals surface area contributed by atoms with E-state index in [1.165, 1.54) is 6.42 Å². The summed E-state index contributed by atoms with van der Waals surface area (Å²) < 4.78 is 27.1. The van der Waals surface area contributed by atoms with Crippen LogP contribution in [-0.2, 0) is 28.6 Å². The molecule has 0 saturated heterocycles. The standard InChI is InChI=1S/C35H42O8/c1-26(2)34(37)42-24-23-40-31-19-15-29(16-20-31)12-11-28-13-17-30(18-14-28)39-21-7-8-22-41-35(38)27(3)25-33(36)43-32-9-5-4-6-10-32/h11-20,32H,1,3-10,21-25H2,2H3/b12-11+. The van der Waals surface area contributed by atoms with E-state index in [4.69, 9.17) is 23.7 Å². The lowest BCUT2D eigenvalue weighted by atomic mass is 9.98. The molecule has 0 spiro atoms. The molecule has 0 aromatic heterocycles. The maximum absolute atomic E-state index is 12.1. The molecule has 3 rings (SSSR count). The number of hydrogen-bond acceptors (Lipinski definition) is 8. The van der Waals surface area contributed by atoms with Crippen LogP contribution in [0.25, 0.3) is 12.2 Å². The molecule has 1 fully saturated rings. The van der Waals surface area contributed by atoms with Gasteiger partial charge in [0.05, 0.1) is 19.6 Å². The molecule has 0 bridgehead atoms. The van der Waals surface area contributed by atoms with Gasteiger partial charge in [-0.05, 0) is 80.8 Å². The summed E-state index contributed by atoms with van der Waals surface area (Å²) >= 11 is 0. The van der Waals surface area contributed by atoms with Crippen molar-refractivity contribution in [2.45, 2.75) is 64.4 Å². The Morgan fingerprint density at radius 2 is 1.26 bits per heavy atom. The van der Waals surface area contributed by atoms with Gasteiger partial charge >= 0.3 is 17.9 Å². The third kappa shape index (κ3) is 13.0. The molecule has 1 saturated carbocycles. The highest BCUT2D eigenvalue weighted by molar-refractivity contribution is 5.93. The minimum Gasteiger partial charge on any atom is -0.494 e. The van der Waals surface area contributed by atoms with Gasteiger partial charge in [-0.2, -0.15) is 0 Å². The quantitative estimate of drug-likeness (QED) is 0.0647. The molecule has 0 amide bonds. The number of carbonyl (C=O) groups excluding carboxylic acids is 3. The lowest BCUT2D eigenvalue weighted by Gasteiger charge is -2.21. The Balaban J connectivity index is 1.26. The average molecular weight is 591 g/mol. The second-order valence-electron chi connectivity index (χ2n) is 10.5. The minimum absolute atomic E-state index is 0.0393. The van der Waals surface area contributed by atoms with Crippen LogP contribution < -0.4 is 9.47 Å². The number of benzene rings is 2. The third-order valence-corrected chi connectivity index (χ3v) is 6.70. The summed E-state index contributed by atoms with van der Waals surface area (Å²) in [5.41, 5.74) is 2.53. The fourth-order valence-corrected chi connectivity index (χ4v) is 4.28. The zero-order valence-electron chi connectivity index (χ0n) is 25.0. The first-order valence-corrected chi connectivity index (χ1v) is 14.8. The van der Waals surface area contributed by atoms with E-state index in [1.807, 2.05) is 60.7 Å². The third-order valence-electron chi connectivity index (χ3n) is 6.70. The van der Waals surface area contributed by atoms with E-state index in [0.717, 1.165) is 42.6 Å². The molecule has 230 valence electrons. The van der Waals surface area contributed by atoms with Crippen LogP contribution in [0.4, 0.5) is 0 Å². The first kappa shape index (κ1) is 33.2. The molecule has 0 unspecified atom stereocenters. The molecule has 8 heteroatoms. The van der Waals surface area contributed by atoms with Gasteiger partial charge in [0, 0.05) is 11.1 Å². The van der Waals surface area contributed by atoms with Gasteiger partial charge in [0.1, 0.15) is 30.8 Å². The zero-order valence-corrected chi connectivity index (χ0v) is 25.0. The van der Waals surface area contributed by atoms with Crippen LogP contribution in [0.15, 0.2) is 72.8 Å². The van der Waals surface area contributed by atoms with Gasteiger partial charge in [-0.1, -0.05) is 56.0 Å². The minimum atomic E-state index is -0.562. The molecule has 0 radical (unpaired) electrons. The summed E-state index contributed by atoms with van der Waals surface area (Å²) in [4.78, 5) is 35.5. The highest BCUT2D eigenvalue weighted by atomic mass is 16.6. The van der Waals surface area contributed by atoms with E-state index >= 15 is 0 Å². The summed E-state index contributed by atoms with van der Waals surface area (Å²) in [5, 5.41) is 0. The average Bonchev–Trinajstić information content (AvgIpc) is 3.01. The van der Waals surface area contributed by atoms with E-state index in [0.29, 0.717) is 30.8 Å². The zero-order chi connectivity index (χ0) is 30.9. The van der Waals surface area contributed by atoms with E-state index in [9.17, 15) is 14.4 Å². The van der Waals surface area contributed by atoms with Crippen molar-refractivity contribution >= 4 is 30.1 Å². The molecular weight excluding hydrogens is 548 g/mol. The second-order valence-corrected chi connectivity index (χ2v) is 10.5. The summed E-state index contributed by atoms with van der Waals surface area (Å²) in [6.45, 7) is 9.99. The van der Waals surface area contributed by atoms with Crippen molar-refractivity contribution in [2.24, 2.45) is 0 Å². The molecule has 8 nitrogen and oxygen atoms in total. The van der Waals surface area contributed by atoms with Gasteiger partial charge in [-0.15, -0.1) is 0 Å². The fraction of sp³-hybridized carbons (Fsp3) is 0.400. The van der Waals surface area contributed by atoms with Gasteiger partial charge in [0.15, 0.2) is 0 Å². The fourth-order valence-electron chi connectivity index (χ4n) is 4.28. The number of esters is 3.